The Morgan fingerprint density at radius 1 is 1.47 bits per heavy atom. The van der Waals surface area contributed by atoms with Gasteiger partial charge >= 0.3 is 0 Å². The summed E-state index contributed by atoms with van der Waals surface area (Å²) < 4.78 is 0. The van der Waals surface area contributed by atoms with Crippen LogP contribution in [-0.2, 0) is 6.54 Å². The van der Waals surface area contributed by atoms with E-state index in [0.717, 1.165) is 26.2 Å². The number of benzene rings is 1. The lowest BCUT2D eigenvalue weighted by molar-refractivity contribution is 0.100. The summed E-state index contributed by atoms with van der Waals surface area (Å²) in [5.41, 5.74) is 7.01. The predicted molar refractivity (Wildman–Crippen MR) is 67.7 cm³/mol. The normalized spacial score (nSPS) is 21.4. The number of piperazine rings is 1. The first-order valence-electron chi connectivity index (χ1n) is 5.99. The first-order valence-corrected chi connectivity index (χ1v) is 5.99. The monoisotopic (exact) mass is 233 g/mol. The Hall–Kier alpha value is -1.39. The van der Waals surface area contributed by atoms with Gasteiger partial charge in [-0.3, -0.25) is 9.69 Å². The second kappa shape index (κ2) is 5.29. The maximum Gasteiger partial charge on any atom is 0.248 e. The summed E-state index contributed by atoms with van der Waals surface area (Å²) in [7, 11) is 0. The Balaban J connectivity index is 1.96. The van der Waals surface area contributed by atoms with Gasteiger partial charge in [0.05, 0.1) is 0 Å². The van der Waals surface area contributed by atoms with E-state index < -0.39 is 0 Å². The van der Waals surface area contributed by atoms with Crippen molar-refractivity contribution in [3.8, 4) is 0 Å². The Kier molecular flexibility index (Phi) is 3.76. The zero-order valence-corrected chi connectivity index (χ0v) is 10.1. The average molecular weight is 233 g/mol. The number of hydrogen-bond donors (Lipinski definition) is 2. The van der Waals surface area contributed by atoms with E-state index in [1.165, 1.54) is 5.56 Å². The third-order valence-corrected chi connectivity index (χ3v) is 3.10. The molecule has 1 unspecified atom stereocenters. The number of nitrogens with zero attached hydrogens (tertiary/aromatic N) is 1. The Labute approximate surface area is 102 Å². The quantitative estimate of drug-likeness (QED) is 0.803. The standard InChI is InChI=1S/C13H19N3O/c1-10-8-16(7-6-15-10)9-11-2-4-12(5-3-11)13(14)17/h2-5,10,15H,6-9H2,1H3,(H2,14,17). The van der Waals surface area contributed by atoms with Crippen LogP contribution in [0.4, 0.5) is 0 Å². The molecule has 4 nitrogen and oxygen atoms in total. The van der Waals surface area contributed by atoms with Crippen LogP contribution < -0.4 is 11.1 Å². The minimum atomic E-state index is -0.368. The summed E-state index contributed by atoms with van der Waals surface area (Å²) >= 11 is 0. The van der Waals surface area contributed by atoms with Gasteiger partial charge in [0.2, 0.25) is 5.91 Å². The van der Waals surface area contributed by atoms with Crippen LogP contribution in [0, 0.1) is 0 Å². The van der Waals surface area contributed by atoms with Gasteiger partial charge in [0, 0.05) is 37.8 Å². The minimum absolute atomic E-state index is 0.368. The smallest absolute Gasteiger partial charge is 0.248 e. The molecule has 0 bridgehead atoms. The zero-order valence-electron chi connectivity index (χ0n) is 10.1. The first-order chi connectivity index (χ1) is 8.15. The number of rotatable bonds is 3. The second-order valence-corrected chi connectivity index (χ2v) is 4.65. The number of carbonyl (C=O) groups is 1. The number of carbonyl (C=O) groups excluding carboxylic acids is 1. The molecule has 0 aliphatic carbocycles. The molecule has 0 radical (unpaired) electrons. The molecule has 1 saturated heterocycles. The lowest BCUT2D eigenvalue weighted by atomic mass is 10.1. The molecule has 0 aromatic heterocycles. The maximum atomic E-state index is 10.9. The molecule has 1 aromatic rings. The van der Waals surface area contributed by atoms with Gasteiger partial charge in [-0.2, -0.15) is 0 Å². The Morgan fingerprint density at radius 3 is 2.76 bits per heavy atom. The van der Waals surface area contributed by atoms with E-state index in [2.05, 4.69) is 17.1 Å². The number of nitrogens with one attached hydrogen (secondary N) is 1. The van der Waals surface area contributed by atoms with Gasteiger partial charge in [-0.1, -0.05) is 12.1 Å². The van der Waals surface area contributed by atoms with E-state index in [9.17, 15) is 4.79 Å². The molecule has 0 saturated carbocycles. The maximum absolute atomic E-state index is 10.9. The van der Waals surface area contributed by atoms with Crippen molar-refractivity contribution in [3.63, 3.8) is 0 Å². The van der Waals surface area contributed by atoms with E-state index in [4.69, 9.17) is 5.73 Å². The molecule has 1 aliphatic rings. The molecule has 1 atom stereocenters. The van der Waals surface area contributed by atoms with Crippen LogP contribution in [0.25, 0.3) is 0 Å². The molecule has 0 spiro atoms. The molecule has 3 N–H and O–H groups in total. The topological polar surface area (TPSA) is 58.4 Å². The fraction of sp³-hybridized carbons (Fsp3) is 0.462. The van der Waals surface area contributed by atoms with Crippen molar-refractivity contribution in [1.29, 1.82) is 0 Å². The van der Waals surface area contributed by atoms with Crippen LogP contribution >= 0.6 is 0 Å². The minimum Gasteiger partial charge on any atom is -0.366 e. The third kappa shape index (κ3) is 3.28. The van der Waals surface area contributed by atoms with Crippen LogP contribution in [-0.4, -0.2) is 36.5 Å². The van der Waals surface area contributed by atoms with Crippen LogP contribution in [0.3, 0.4) is 0 Å². The van der Waals surface area contributed by atoms with Gasteiger partial charge in [-0.25, -0.2) is 0 Å². The van der Waals surface area contributed by atoms with Crippen molar-refractivity contribution in [2.75, 3.05) is 19.6 Å². The lowest BCUT2D eigenvalue weighted by Gasteiger charge is -2.31. The van der Waals surface area contributed by atoms with Crippen molar-refractivity contribution in [2.45, 2.75) is 19.5 Å². The molecular formula is C13H19N3O. The molecule has 1 fully saturated rings. The highest BCUT2D eigenvalue weighted by Gasteiger charge is 2.15. The summed E-state index contributed by atoms with van der Waals surface area (Å²) in [5.74, 6) is -0.368. The number of hydrogen-bond acceptors (Lipinski definition) is 3. The van der Waals surface area contributed by atoms with Gasteiger partial charge in [0.25, 0.3) is 0 Å². The number of nitrogens with two attached hydrogens (primary N) is 1. The van der Waals surface area contributed by atoms with Gasteiger partial charge < -0.3 is 11.1 Å². The highest BCUT2D eigenvalue weighted by Crippen LogP contribution is 2.09. The fourth-order valence-corrected chi connectivity index (χ4v) is 2.19. The number of amides is 1. The molecule has 92 valence electrons. The van der Waals surface area contributed by atoms with Crippen molar-refractivity contribution < 1.29 is 4.79 Å². The van der Waals surface area contributed by atoms with E-state index in [0.29, 0.717) is 11.6 Å². The van der Waals surface area contributed by atoms with Crippen LogP contribution in [0.1, 0.15) is 22.8 Å². The molecule has 1 heterocycles. The van der Waals surface area contributed by atoms with E-state index in [1.807, 2.05) is 12.1 Å². The van der Waals surface area contributed by atoms with Gasteiger partial charge in [-0.05, 0) is 24.6 Å². The second-order valence-electron chi connectivity index (χ2n) is 4.65. The largest absolute Gasteiger partial charge is 0.366 e. The Morgan fingerprint density at radius 2 is 2.18 bits per heavy atom. The van der Waals surface area contributed by atoms with Crippen LogP contribution in [0.5, 0.6) is 0 Å². The molecule has 1 aliphatic heterocycles. The fourth-order valence-electron chi connectivity index (χ4n) is 2.19. The molecule has 2 rings (SSSR count). The van der Waals surface area contributed by atoms with Gasteiger partial charge in [-0.15, -0.1) is 0 Å². The van der Waals surface area contributed by atoms with Crippen molar-refractivity contribution in [1.82, 2.24) is 10.2 Å². The Bertz CT molecular complexity index is 388. The van der Waals surface area contributed by atoms with Crippen LogP contribution in [0.15, 0.2) is 24.3 Å². The third-order valence-electron chi connectivity index (χ3n) is 3.10. The van der Waals surface area contributed by atoms with E-state index >= 15 is 0 Å². The highest BCUT2D eigenvalue weighted by molar-refractivity contribution is 5.92. The summed E-state index contributed by atoms with van der Waals surface area (Å²) in [6.07, 6.45) is 0. The van der Waals surface area contributed by atoms with E-state index in [1.54, 1.807) is 12.1 Å². The van der Waals surface area contributed by atoms with Crippen molar-refractivity contribution in [3.05, 3.63) is 35.4 Å². The molecule has 17 heavy (non-hydrogen) atoms. The summed E-state index contributed by atoms with van der Waals surface area (Å²) in [6.45, 7) is 6.31. The zero-order chi connectivity index (χ0) is 12.3. The van der Waals surface area contributed by atoms with Gasteiger partial charge in [0.15, 0.2) is 0 Å². The SMILES string of the molecule is CC1CN(Cc2ccc(C(N)=O)cc2)CCN1. The van der Waals surface area contributed by atoms with E-state index in [-0.39, 0.29) is 5.91 Å². The molecule has 1 amide bonds. The lowest BCUT2D eigenvalue weighted by Crippen LogP contribution is -2.48. The highest BCUT2D eigenvalue weighted by atomic mass is 16.1. The first kappa shape index (κ1) is 12.1. The predicted octanol–water partition coefficient (Wildman–Crippen LogP) is 0.579. The molecule has 4 heteroatoms. The molecule has 1 aromatic carbocycles. The van der Waals surface area contributed by atoms with Crippen LogP contribution in [0.2, 0.25) is 0 Å². The summed E-state index contributed by atoms with van der Waals surface area (Å²) in [5, 5.41) is 3.42. The number of primary amides is 1. The average Bonchev–Trinajstić information content (AvgIpc) is 2.29. The van der Waals surface area contributed by atoms with Crippen molar-refractivity contribution >= 4 is 5.91 Å². The summed E-state index contributed by atoms with van der Waals surface area (Å²) in [4.78, 5) is 13.4. The summed E-state index contributed by atoms with van der Waals surface area (Å²) in [6, 6.07) is 8.10. The molecular weight excluding hydrogens is 214 g/mol. The van der Waals surface area contributed by atoms with Gasteiger partial charge in [0.1, 0.15) is 0 Å². The van der Waals surface area contributed by atoms with Crippen molar-refractivity contribution in [2.24, 2.45) is 5.73 Å².